The predicted molar refractivity (Wildman–Crippen MR) is 77.3 cm³/mol. The lowest BCUT2D eigenvalue weighted by Gasteiger charge is -2.22. The van der Waals surface area contributed by atoms with Crippen molar-refractivity contribution >= 4 is 16.9 Å². The van der Waals surface area contributed by atoms with E-state index in [0.717, 1.165) is 36.8 Å². The second kappa shape index (κ2) is 5.54. The Balaban J connectivity index is 1.86. The van der Waals surface area contributed by atoms with Crippen LogP contribution >= 0.6 is 0 Å². The van der Waals surface area contributed by atoms with Crippen molar-refractivity contribution in [3.8, 4) is 0 Å². The lowest BCUT2D eigenvalue weighted by molar-refractivity contribution is 0.0742. The van der Waals surface area contributed by atoms with Crippen LogP contribution in [-0.2, 0) is 0 Å². The summed E-state index contributed by atoms with van der Waals surface area (Å²) >= 11 is 0. The van der Waals surface area contributed by atoms with E-state index < -0.39 is 0 Å². The zero-order valence-corrected chi connectivity index (χ0v) is 11.3. The molecule has 1 heterocycles. The van der Waals surface area contributed by atoms with Crippen LogP contribution in [0.4, 0.5) is 0 Å². The third-order valence-electron chi connectivity index (χ3n) is 3.57. The number of hydrogen-bond acceptors (Lipinski definition) is 4. The number of carbonyl (C=O) groups is 1. The van der Waals surface area contributed by atoms with E-state index in [2.05, 4.69) is 9.97 Å². The molecule has 1 amide bonds. The molecule has 104 valence electrons. The summed E-state index contributed by atoms with van der Waals surface area (Å²) in [6.07, 6.45) is 6.34. The van der Waals surface area contributed by atoms with Crippen LogP contribution in [0.5, 0.6) is 0 Å². The van der Waals surface area contributed by atoms with Crippen molar-refractivity contribution in [2.24, 2.45) is 5.73 Å². The van der Waals surface area contributed by atoms with Gasteiger partial charge in [0, 0.05) is 30.5 Å². The molecule has 1 aliphatic carbocycles. The summed E-state index contributed by atoms with van der Waals surface area (Å²) in [5.41, 5.74) is 7.80. The molecule has 2 aromatic rings. The highest BCUT2D eigenvalue weighted by Gasteiger charge is 2.32. The van der Waals surface area contributed by atoms with Crippen LogP contribution in [0.1, 0.15) is 29.6 Å². The number of amides is 1. The van der Waals surface area contributed by atoms with Crippen molar-refractivity contribution in [1.29, 1.82) is 0 Å². The minimum Gasteiger partial charge on any atom is -0.336 e. The summed E-state index contributed by atoms with van der Waals surface area (Å²) < 4.78 is 0. The van der Waals surface area contributed by atoms with Crippen molar-refractivity contribution < 1.29 is 4.79 Å². The number of hydrogen-bond donors (Lipinski definition) is 1. The zero-order valence-electron chi connectivity index (χ0n) is 11.3. The molecule has 1 aromatic heterocycles. The van der Waals surface area contributed by atoms with Gasteiger partial charge in [0.2, 0.25) is 0 Å². The Morgan fingerprint density at radius 2 is 2.00 bits per heavy atom. The Kier molecular flexibility index (Phi) is 3.60. The highest BCUT2D eigenvalue weighted by atomic mass is 16.2. The SMILES string of the molecule is NCCCN(C(=O)c1ccc2nccnc2c1)C1CC1. The summed E-state index contributed by atoms with van der Waals surface area (Å²) in [7, 11) is 0. The van der Waals surface area contributed by atoms with Gasteiger partial charge in [-0.25, -0.2) is 0 Å². The van der Waals surface area contributed by atoms with Crippen LogP contribution in [0.25, 0.3) is 11.0 Å². The van der Waals surface area contributed by atoms with E-state index in [-0.39, 0.29) is 5.91 Å². The van der Waals surface area contributed by atoms with Crippen molar-refractivity contribution in [3.63, 3.8) is 0 Å². The molecule has 5 nitrogen and oxygen atoms in total. The van der Waals surface area contributed by atoms with Crippen LogP contribution in [-0.4, -0.2) is 39.9 Å². The smallest absolute Gasteiger partial charge is 0.254 e. The largest absolute Gasteiger partial charge is 0.336 e. The van der Waals surface area contributed by atoms with Crippen LogP contribution in [0.2, 0.25) is 0 Å². The summed E-state index contributed by atoms with van der Waals surface area (Å²) in [6.45, 7) is 1.35. The van der Waals surface area contributed by atoms with Gasteiger partial charge in [0.15, 0.2) is 0 Å². The van der Waals surface area contributed by atoms with Crippen LogP contribution < -0.4 is 5.73 Å². The van der Waals surface area contributed by atoms with Gasteiger partial charge in [0.05, 0.1) is 11.0 Å². The Morgan fingerprint density at radius 1 is 1.25 bits per heavy atom. The standard InChI is InChI=1S/C15H18N4O/c16-6-1-9-19(12-3-4-12)15(20)11-2-5-13-14(10-11)18-8-7-17-13/h2,5,7-8,10,12H,1,3-4,6,9,16H2. The molecule has 20 heavy (non-hydrogen) atoms. The number of benzene rings is 1. The molecular formula is C15H18N4O. The first-order chi connectivity index (χ1) is 9.79. The molecule has 5 heteroatoms. The van der Waals surface area contributed by atoms with Gasteiger partial charge in [0.1, 0.15) is 0 Å². The molecule has 0 radical (unpaired) electrons. The second-order valence-corrected chi connectivity index (χ2v) is 5.13. The summed E-state index contributed by atoms with van der Waals surface area (Å²) in [5.74, 6) is 0.0773. The van der Waals surface area contributed by atoms with Crippen molar-refractivity contribution in [2.45, 2.75) is 25.3 Å². The van der Waals surface area contributed by atoms with Crippen LogP contribution in [0.15, 0.2) is 30.6 Å². The molecule has 2 N–H and O–H groups in total. The summed E-state index contributed by atoms with van der Waals surface area (Å²) in [5, 5.41) is 0. The molecular weight excluding hydrogens is 252 g/mol. The van der Waals surface area contributed by atoms with E-state index in [9.17, 15) is 4.79 Å². The van der Waals surface area contributed by atoms with Gasteiger partial charge in [-0.1, -0.05) is 0 Å². The van der Waals surface area contributed by atoms with Crippen LogP contribution in [0, 0.1) is 0 Å². The first-order valence-corrected chi connectivity index (χ1v) is 7.01. The predicted octanol–water partition coefficient (Wildman–Crippen LogP) is 1.58. The lowest BCUT2D eigenvalue weighted by atomic mass is 10.1. The monoisotopic (exact) mass is 270 g/mol. The Morgan fingerprint density at radius 3 is 2.70 bits per heavy atom. The third-order valence-corrected chi connectivity index (χ3v) is 3.57. The number of nitrogens with zero attached hydrogens (tertiary/aromatic N) is 3. The fourth-order valence-electron chi connectivity index (χ4n) is 2.36. The van der Waals surface area contributed by atoms with Gasteiger partial charge in [-0.2, -0.15) is 0 Å². The normalized spacial score (nSPS) is 14.4. The summed E-state index contributed by atoms with van der Waals surface area (Å²) in [6, 6.07) is 5.90. The molecule has 0 saturated heterocycles. The number of fused-ring (bicyclic) bond motifs is 1. The van der Waals surface area contributed by atoms with Gasteiger partial charge < -0.3 is 10.6 Å². The van der Waals surface area contributed by atoms with E-state index in [1.807, 2.05) is 23.1 Å². The molecule has 1 aromatic carbocycles. The maximum atomic E-state index is 12.6. The van der Waals surface area contributed by atoms with E-state index in [4.69, 9.17) is 5.73 Å². The van der Waals surface area contributed by atoms with Gasteiger partial charge >= 0.3 is 0 Å². The molecule has 1 saturated carbocycles. The average molecular weight is 270 g/mol. The highest BCUT2D eigenvalue weighted by Crippen LogP contribution is 2.28. The molecule has 0 unspecified atom stereocenters. The average Bonchev–Trinajstić information content (AvgIpc) is 3.32. The second-order valence-electron chi connectivity index (χ2n) is 5.13. The van der Waals surface area contributed by atoms with Gasteiger partial charge in [-0.3, -0.25) is 14.8 Å². The number of rotatable bonds is 5. The third kappa shape index (κ3) is 2.63. The van der Waals surface area contributed by atoms with Crippen molar-refractivity contribution in [1.82, 2.24) is 14.9 Å². The van der Waals surface area contributed by atoms with Gasteiger partial charge in [-0.15, -0.1) is 0 Å². The molecule has 0 atom stereocenters. The topological polar surface area (TPSA) is 72.1 Å². The maximum absolute atomic E-state index is 12.6. The number of aromatic nitrogens is 2. The maximum Gasteiger partial charge on any atom is 0.254 e. The van der Waals surface area contributed by atoms with Crippen molar-refractivity contribution in [2.75, 3.05) is 13.1 Å². The minimum atomic E-state index is 0.0773. The van der Waals surface area contributed by atoms with E-state index in [1.165, 1.54) is 0 Å². The van der Waals surface area contributed by atoms with Gasteiger partial charge in [-0.05, 0) is 44.0 Å². The first-order valence-electron chi connectivity index (χ1n) is 7.01. The molecule has 3 rings (SSSR count). The lowest BCUT2D eigenvalue weighted by Crippen LogP contribution is -2.34. The van der Waals surface area contributed by atoms with E-state index >= 15 is 0 Å². The quantitative estimate of drug-likeness (QED) is 0.895. The Bertz CT molecular complexity index is 624. The number of carbonyl (C=O) groups excluding carboxylic acids is 1. The number of nitrogens with two attached hydrogens (primary N) is 1. The Labute approximate surface area is 117 Å². The fourth-order valence-corrected chi connectivity index (χ4v) is 2.36. The molecule has 0 spiro atoms. The van der Waals surface area contributed by atoms with Crippen LogP contribution in [0.3, 0.4) is 0 Å². The molecule has 0 aliphatic heterocycles. The van der Waals surface area contributed by atoms with Gasteiger partial charge in [0.25, 0.3) is 5.91 Å². The minimum absolute atomic E-state index is 0.0773. The molecule has 0 bridgehead atoms. The highest BCUT2D eigenvalue weighted by molar-refractivity contribution is 5.97. The summed E-state index contributed by atoms with van der Waals surface area (Å²) in [4.78, 5) is 23.0. The first kappa shape index (κ1) is 13.0. The zero-order chi connectivity index (χ0) is 13.9. The Hall–Kier alpha value is -2.01. The van der Waals surface area contributed by atoms with E-state index in [1.54, 1.807) is 12.4 Å². The molecule has 1 fully saturated rings. The fraction of sp³-hybridized carbons (Fsp3) is 0.400. The van der Waals surface area contributed by atoms with E-state index in [0.29, 0.717) is 18.2 Å². The molecule has 1 aliphatic rings. The van der Waals surface area contributed by atoms with Crippen molar-refractivity contribution in [3.05, 3.63) is 36.2 Å².